The summed E-state index contributed by atoms with van der Waals surface area (Å²) in [5, 5.41) is 9.41. The van der Waals surface area contributed by atoms with Crippen molar-refractivity contribution in [1.82, 2.24) is 4.90 Å². The lowest BCUT2D eigenvalue weighted by molar-refractivity contribution is -0.138. The van der Waals surface area contributed by atoms with Gasteiger partial charge in [-0.3, -0.25) is 9.69 Å². The van der Waals surface area contributed by atoms with Gasteiger partial charge in [-0.1, -0.05) is 23.7 Å². The van der Waals surface area contributed by atoms with Crippen LogP contribution in [0.5, 0.6) is 0 Å². The average molecular weight is 312 g/mol. The van der Waals surface area contributed by atoms with Gasteiger partial charge in [0.25, 0.3) is 0 Å². The molecule has 0 bridgehead atoms. The van der Waals surface area contributed by atoms with Crippen molar-refractivity contribution >= 4 is 17.6 Å². The van der Waals surface area contributed by atoms with Gasteiger partial charge < -0.3 is 9.84 Å². The summed E-state index contributed by atoms with van der Waals surface area (Å²) < 4.78 is 5.60. The van der Waals surface area contributed by atoms with Crippen LogP contribution in [0, 0.1) is 6.92 Å². The van der Waals surface area contributed by atoms with Crippen molar-refractivity contribution < 1.29 is 14.6 Å². The number of aryl methyl sites for hydroxylation is 1. The van der Waals surface area contributed by atoms with E-state index >= 15 is 0 Å². The maximum absolute atomic E-state index is 10.4. The van der Waals surface area contributed by atoms with Crippen molar-refractivity contribution in [2.75, 3.05) is 19.7 Å². The largest absolute Gasteiger partial charge is 0.481 e. The Bertz CT molecular complexity index is 484. The highest BCUT2D eigenvalue weighted by molar-refractivity contribution is 6.31. The lowest BCUT2D eigenvalue weighted by atomic mass is 10.1. The Balaban J connectivity index is 1.73. The van der Waals surface area contributed by atoms with Crippen LogP contribution < -0.4 is 0 Å². The monoisotopic (exact) mass is 311 g/mol. The number of hydrogen-bond donors (Lipinski definition) is 1. The fourth-order valence-electron chi connectivity index (χ4n) is 2.54. The van der Waals surface area contributed by atoms with Gasteiger partial charge in [-0.25, -0.2) is 0 Å². The van der Waals surface area contributed by atoms with Gasteiger partial charge in [0.05, 0.1) is 19.1 Å². The molecule has 1 aliphatic rings. The molecule has 1 saturated heterocycles. The predicted molar refractivity (Wildman–Crippen MR) is 82.7 cm³/mol. The molecule has 1 aromatic rings. The predicted octanol–water partition coefficient (Wildman–Crippen LogP) is 3.10. The van der Waals surface area contributed by atoms with Crippen LogP contribution in [0.15, 0.2) is 18.2 Å². The fraction of sp³-hybridized carbons (Fsp3) is 0.562. The molecule has 21 heavy (non-hydrogen) atoms. The van der Waals surface area contributed by atoms with E-state index in [1.165, 1.54) is 5.56 Å². The number of nitrogens with zero attached hydrogens (tertiary/aromatic N) is 1. The van der Waals surface area contributed by atoms with Gasteiger partial charge in [0, 0.05) is 24.7 Å². The number of likely N-dealkylation sites (tertiary alicyclic amines) is 1. The second-order valence-electron chi connectivity index (χ2n) is 5.57. The lowest BCUT2D eigenvalue weighted by Gasteiger charge is -2.31. The molecule has 1 aliphatic heterocycles. The highest BCUT2D eigenvalue weighted by Gasteiger charge is 2.20. The maximum Gasteiger partial charge on any atom is 0.305 e. The molecule has 0 saturated carbocycles. The Morgan fingerprint density at radius 3 is 2.76 bits per heavy atom. The highest BCUT2D eigenvalue weighted by Crippen LogP contribution is 2.20. The van der Waals surface area contributed by atoms with E-state index in [-0.39, 0.29) is 12.5 Å². The molecule has 1 aromatic carbocycles. The van der Waals surface area contributed by atoms with E-state index in [1.807, 2.05) is 13.0 Å². The van der Waals surface area contributed by atoms with Crippen LogP contribution in [0.25, 0.3) is 0 Å². The molecule has 2 rings (SSSR count). The third kappa shape index (κ3) is 5.30. The Morgan fingerprint density at radius 1 is 1.43 bits per heavy atom. The first-order valence-electron chi connectivity index (χ1n) is 7.35. The molecule has 0 radical (unpaired) electrons. The first-order valence-corrected chi connectivity index (χ1v) is 7.73. The Kier molecular flexibility index (Phi) is 6.03. The number of carbonyl (C=O) groups is 1. The molecule has 4 nitrogen and oxygen atoms in total. The number of carboxylic acids is 1. The molecule has 116 valence electrons. The van der Waals surface area contributed by atoms with Crippen LogP contribution >= 0.6 is 11.6 Å². The zero-order valence-electron chi connectivity index (χ0n) is 12.3. The molecule has 1 N–H and O–H groups in total. The van der Waals surface area contributed by atoms with E-state index in [2.05, 4.69) is 17.0 Å². The van der Waals surface area contributed by atoms with Crippen molar-refractivity contribution in [3.63, 3.8) is 0 Å². The quantitative estimate of drug-likeness (QED) is 0.877. The molecule has 0 aromatic heterocycles. The van der Waals surface area contributed by atoms with Gasteiger partial charge in [-0.05, 0) is 37.0 Å². The molecule has 1 fully saturated rings. The van der Waals surface area contributed by atoms with Gasteiger partial charge in [-0.2, -0.15) is 0 Å². The zero-order valence-corrected chi connectivity index (χ0v) is 13.1. The first-order chi connectivity index (χ1) is 10.0. The smallest absolute Gasteiger partial charge is 0.305 e. The van der Waals surface area contributed by atoms with Crippen LogP contribution in [0.3, 0.4) is 0 Å². The van der Waals surface area contributed by atoms with E-state index in [4.69, 9.17) is 21.4 Å². The van der Waals surface area contributed by atoms with Crippen molar-refractivity contribution in [2.24, 2.45) is 0 Å². The second kappa shape index (κ2) is 7.78. The highest BCUT2D eigenvalue weighted by atomic mass is 35.5. The number of piperidine rings is 1. The third-order valence-electron chi connectivity index (χ3n) is 3.85. The van der Waals surface area contributed by atoms with E-state index in [0.29, 0.717) is 6.61 Å². The summed E-state index contributed by atoms with van der Waals surface area (Å²) >= 11 is 6.15. The number of halogens is 1. The minimum Gasteiger partial charge on any atom is -0.481 e. The molecule has 0 unspecified atom stereocenters. The fourth-order valence-corrected chi connectivity index (χ4v) is 2.74. The van der Waals surface area contributed by atoms with Gasteiger partial charge in [0.1, 0.15) is 0 Å². The van der Waals surface area contributed by atoms with Crippen LogP contribution in [0.1, 0.15) is 30.4 Å². The zero-order chi connectivity index (χ0) is 15.2. The summed E-state index contributed by atoms with van der Waals surface area (Å²) in [5.41, 5.74) is 2.34. The van der Waals surface area contributed by atoms with Gasteiger partial charge in [0.2, 0.25) is 0 Å². The number of ether oxygens (including phenoxy) is 1. The molecule has 1 heterocycles. The van der Waals surface area contributed by atoms with Crippen molar-refractivity contribution in [2.45, 2.75) is 38.8 Å². The Morgan fingerprint density at radius 2 is 2.14 bits per heavy atom. The van der Waals surface area contributed by atoms with E-state index in [9.17, 15) is 4.79 Å². The third-order valence-corrected chi connectivity index (χ3v) is 4.25. The maximum atomic E-state index is 10.4. The van der Waals surface area contributed by atoms with Crippen LogP contribution in [-0.4, -0.2) is 41.8 Å². The summed E-state index contributed by atoms with van der Waals surface area (Å²) in [6, 6.07) is 6.21. The molecule has 0 aliphatic carbocycles. The molecule has 0 atom stereocenters. The van der Waals surface area contributed by atoms with Crippen LogP contribution in [0.4, 0.5) is 0 Å². The normalized spacial score (nSPS) is 17.0. The van der Waals surface area contributed by atoms with Gasteiger partial charge >= 0.3 is 5.97 Å². The number of carboxylic acid groups (broad SMARTS) is 1. The second-order valence-corrected chi connectivity index (χ2v) is 5.98. The van der Waals surface area contributed by atoms with E-state index in [1.54, 1.807) is 0 Å². The lowest BCUT2D eigenvalue weighted by Crippen LogP contribution is -2.36. The van der Waals surface area contributed by atoms with Crippen molar-refractivity contribution in [3.05, 3.63) is 34.3 Å². The average Bonchev–Trinajstić information content (AvgIpc) is 2.44. The van der Waals surface area contributed by atoms with Crippen LogP contribution in [0.2, 0.25) is 5.02 Å². The first kappa shape index (κ1) is 16.3. The summed E-state index contributed by atoms with van der Waals surface area (Å²) in [6.07, 6.45) is 2.20. The summed E-state index contributed by atoms with van der Waals surface area (Å²) in [6.45, 7) is 5.17. The minimum absolute atomic E-state index is 0.0854. The summed E-state index contributed by atoms with van der Waals surface area (Å²) in [5.74, 6) is -0.802. The Hall–Kier alpha value is -1.10. The van der Waals surface area contributed by atoms with Crippen molar-refractivity contribution in [1.29, 1.82) is 0 Å². The number of aliphatic carboxylic acids is 1. The van der Waals surface area contributed by atoms with Gasteiger partial charge in [0.15, 0.2) is 0 Å². The van der Waals surface area contributed by atoms with E-state index in [0.717, 1.165) is 43.1 Å². The molecular formula is C16H22ClNO3. The number of hydrogen-bond acceptors (Lipinski definition) is 3. The minimum atomic E-state index is -0.802. The molecule has 5 heteroatoms. The van der Waals surface area contributed by atoms with Crippen LogP contribution in [-0.2, 0) is 16.1 Å². The van der Waals surface area contributed by atoms with E-state index < -0.39 is 5.97 Å². The molecular weight excluding hydrogens is 290 g/mol. The number of rotatable bonds is 6. The standard InChI is InChI=1S/C16H22ClNO3/c1-12-2-3-13(10-15(12)17)11-18-7-4-14(5-8-18)21-9-6-16(19)20/h2-3,10,14H,4-9,11H2,1H3,(H,19,20). The molecule has 0 amide bonds. The summed E-state index contributed by atoms with van der Waals surface area (Å²) in [4.78, 5) is 12.8. The Labute approximate surface area is 130 Å². The molecule has 0 spiro atoms. The SMILES string of the molecule is Cc1ccc(CN2CCC(OCCC(=O)O)CC2)cc1Cl. The summed E-state index contributed by atoms with van der Waals surface area (Å²) in [7, 11) is 0. The number of benzene rings is 1. The van der Waals surface area contributed by atoms with Crippen molar-refractivity contribution in [3.8, 4) is 0 Å². The van der Waals surface area contributed by atoms with Gasteiger partial charge in [-0.15, -0.1) is 0 Å². The topological polar surface area (TPSA) is 49.8 Å².